The fourth-order valence-electron chi connectivity index (χ4n) is 1.63. The van der Waals surface area contributed by atoms with E-state index in [-0.39, 0.29) is 5.91 Å². The summed E-state index contributed by atoms with van der Waals surface area (Å²) in [5.41, 5.74) is 1.92. The number of rotatable bonds is 3. The molecular formula is C14H13ClN2O2. The highest BCUT2D eigenvalue weighted by atomic mass is 35.5. The van der Waals surface area contributed by atoms with E-state index in [1.807, 2.05) is 6.92 Å². The summed E-state index contributed by atoms with van der Waals surface area (Å²) in [4.78, 5) is 16.2. The normalized spacial score (nSPS) is 10.1. The molecular weight excluding hydrogens is 264 g/mol. The number of anilines is 1. The Morgan fingerprint density at radius 3 is 2.74 bits per heavy atom. The largest absolute Gasteiger partial charge is 0.497 e. The van der Waals surface area contributed by atoms with Crippen LogP contribution in [-0.2, 0) is 0 Å². The van der Waals surface area contributed by atoms with E-state index < -0.39 is 0 Å². The number of methoxy groups -OCH3 is 1. The van der Waals surface area contributed by atoms with Gasteiger partial charge in [-0.05, 0) is 37.3 Å². The second kappa shape index (κ2) is 5.71. The number of nitrogens with one attached hydrogen (secondary N) is 1. The maximum Gasteiger partial charge on any atom is 0.257 e. The summed E-state index contributed by atoms with van der Waals surface area (Å²) in [5.74, 6) is 0.347. The summed E-state index contributed by atoms with van der Waals surface area (Å²) in [6.45, 7) is 1.86. The van der Waals surface area contributed by atoms with Crippen molar-refractivity contribution < 1.29 is 9.53 Å². The van der Waals surface area contributed by atoms with E-state index >= 15 is 0 Å². The average Bonchev–Trinajstić information content (AvgIpc) is 2.38. The molecule has 2 aromatic rings. The van der Waals surface area contributed by atoms with Crippen molar-refractivity contribution >= 4 is 23.2 Å². The number of benzene rings is 1. The van der Waals surface area contributed by atoms with Crippen molar-refractivity contribution in [3.63, 3.8) is 0 Å². The van der Waals surface area contributed by atoms with E-state index in [0.29, 0.717) is 22.0 Å². The van der Waals surface area contributed by atoms with Crippen LogP contribution in [0.5, 0.6) is 5.75 Å². The average molecular weight is 277 g/mol. The Hall–Kier alpha value is -2.07. The Labute approximate surface area is 116 Å². The number of amides is 1. The Kier molecular flexibility index (Phi) is 4.02. The quantitative estimate of drug-likeness (QED) is 0.936. The van der Waals surface area contributed by atoms with Crippen LogP contribution >= 0.6 is 11.6 Å². The molecule has 5 heteroatoms. The van der Waals surface area contributed by atoms with Crippen LogP contribution in [0.1, 0.15) is 16.1 Å². The van der Waals surface area contributed by atoms with Crippen molar-refractivity contribution in [3.8, 4) is 5.75 Å². The molecule has 4 nitrogen and oxygen atoms in total. The summed E-state index contributed by atoms with van der Waals surface area (Å²) < 4.78 is 5.04. The van der Waals surface area contributed by atoms with Crippen molar-refractivity contribution in [2.75, 3.05) is 12.4 Å². The van der Waals surface area contributed by atoms with Crippen molar-refractivity contribution in [2.24, 2.45) is 0 Å². The van der Waals surface area contributed by atoms with Gasteiger partial charge >= 0.3 is 0 Å². The molecule has 0 aliphatic rings. The van der Waals surface area contributed by atoms with Gasteiger partial charge in [-0.15, -0.1) is 0 Å². The van der Waals surface area contributed by atoms with Gasteiger partial charge in [0.1, 0.15) is 5.75 Å². The Morgan fingerprint density at radius 2 is 2.11 bits per heavy atom. The summed E-state index contributed by atoms with van der Waals surface area (Å²) in [6.07, 6.45) is 1.64. The van der Waals surface area contributed by atoms with Crippen molar-refractivity contribution in [1.29, 1.82) is 0 Å². The van der Waals surface area contributed by atoms with Gasteiger partial charge in [-0.1, -0.05) is 11.6 Å². The monoisotopic (exact) mass is 276 g/mol. The lowest BCUT2D eigenvalue weighted by molar-refractivity contribution is 0.102. The number of halogens is 1. The van der Waals surface area contributed by atoms with Crippen LogP contribution in [0.2, 0.25) is 5.02 Å². The lowest BCUT2D eigenvalue weighted by atomic mass is 10.2. The van der Waals surface area contributed by atoms with Gasteiger partial charge < -0.3 is 10.1 Å². The number of nitrogens with zero attached hydrogens (tertiary/aromatic N) is 1. The molecule has 0 radical (unpaired) electrons. The number of hydrogen-bond acceptors (Lipinski definition) is 3. The van der Waals surface area contributed by atoms with E-state index in [9.17, 15) is 4.79 Å². The van der Waals surface area contributed by atoms with Gasteiger partial charge in [0.2, 0.25) is 0 Å². The van der Waals surface area contributed by atoms with Gasteiger partial charge in [0, 0.05) is 17.6 Å². The summed E-state index contributed by atoms with van der Waals surface area (Å²) >= 11 is 6.05. The number of ether oxygens (including phenoxy) is 1. The predicted molar refractivity (Wildman–Crippen MR) is 74.9 cm³/mol. The van der Waals surface area contributed by atoms with Gasteiger partial charge in [-0.25, -0.2) is 0 Å². The number of aromatic nitrogens is 1. The van der Waals surface area contributed by atoms with Crippen LogP contribution in [0.3, 0.4) is 0 Å². The molecule has 19 heavy (non-hydrogen) atoms. The third-order valence-corrected chi connectivity index (χ3v) is 2.89. The van der Waals surface area contributed by atoms with Crippen LogP contribution in [0.15, 0.2) is 36.5 Å². The molecule has 0 atom stereocenters. The fourth-order valence-corrected chi connectivity index (χ4v) is 1.89. The Bertz CT molecular complexity index is 614. The molecule has 0 aliphatic heterocycles. The molecule has 0 unspecified atom stereocenters. The standard InChI is InChI=1S/C14H13ClN2O2/c1-9-7-10(5-6-16-9)17-14(18)12-4-3-11(19-2)8-13(12)15/h3-8H,1-2H3,(H,16,17,18). The second-order valence-corrected chi connectivity index (χ2v) is 4.39. The fraction of sp³-hybridized carbons (Fsp3) is 0.143. The second-order valence-electron chi connectivity index (χ2n) is 3.99. The zero-order valence-electron chi connectivity index (χ0n) is 10.6. The molecule has 1 heterocycles. The number of carbonyl (C=O) groups excluding carboxylic acids is 1. The van der Waals surface area contributed by atoms with E-state index in [1.54, 1.807) is 43.6 Å². The van der Waals surface area contributed by atoms with Gasteiger partial charge in [-0.3, -0.25) is 9.78 Å². The molecule has 1 aromatic carbocycles. The molecule has 0 spiro atoms. The minimum Gasteiger partial charge on any atom is -0.497 e. The van der Waals surface area contributed by atoms with Gasteiger partial charge in [0.05, 0.1) is 17.7 Å². The minimum absolute atomic E-state index is 0.266. The maximum atomic E-state index is 12.1. The first-order valence-electron chi connectivity index (χ1n) is 5.67. The van der Waals surface area contributed by atoms with Crippen LogP contribution in [0.25, 0.3) is 0 Å². The van der Waals surface area contributed by atoms with Crippen molar-refractivity contribution in [3.05, 3.63) is 52.8 Å². The third kappa shape index (κ3) is 3.23. The molecule has 0 fully saturated rings. The van der Waals surface area contributed by atoms with E-state index in [0.717, 1.165) is 5.69 Å². The lowest BCUT2D eigenvalue weighted by Gasteiger charge is -2.08. The SMILES string of the molecule is COc1ccc(C(=O)Nc2ccnc(C)c2)c(Cl)c1. The molecule has 1 N–H and O–H groups in total. The Balaban J connectivity index is 2.20. The maximum absolute atomic E-state index is 12.1. The molecule has 1 aromatic heterocycles. The number of hydrogen-bond donors (Lipinski definition) is 1. The number of pyridine rings is 1. The van der Waals surface area contributed by atoms with E-state index in [4.69, 9.17) is 16.3 Å². The van der Waals surface area contributed by atoms with E-state index in [2.05, 4.69) is 10.3 Å². The zero-order valence-corrected chi connectivity index (χ0v) is 11.4. The Morgan fingerprint density at radius 1 is 1.32 bits per heavy atom. The highest BCUT2D eigenvalue weighted by Crippen LogP contribution is 2.23. The van der Waals surface area contributed by atoms with Crippen molar-refractivity contribution in [1.82, 2.24) is 4.98 Å². The first-order valence-corrected chi connectivity index (χ1v) is 6.05. The molecule has 0 aliphatic carbocycles. The summed E-state index contributed by atoms with van der Waals surface area (Å²) in [5, 5.41) is 3.12. The smallest absolute Gasteiger partial charge is 0.257 e. The topological polar surface area (TPSA) is 51.2 Å². The highest BCUT2D eigenvalue weighted by Gasteiger charge is 2.11. The summed E-state index contributed by atoms with van der Waals surface area (Å²) in [7, 11) is 1.55. The number of aryl methyl sites for hydroxylation is 1. The molecule has 0 saturated heterocycles. The predicted octanol–water partition coefficient (Wildman–Crippen LogP) is 3.30. The number of carbonyl (C=O) groups is 1. The molecule has 98 valence electrons. The lowest BCUT2D eigenvalue weighted by Crippen LogP contribution is -2.12. The van der Waals surface area contributed by atoms with Crippen LogP contribution in [0.4, 0.5) is 5.69 Å². The minimum atomic E-state index is -0.266. The van der Waals surface area contributed by atoms with Gasteiger partial charge in [0.15, 0.2) is 0 Å². The first-order chi connectivity index (χ1) is 9.10. The highest BCUT2D eigenvalue weighted by molar-refractivity contribution is 6.34. The van der Waals surface area contributed by atoms with Gasteiger partial charge in [-0.2, -0.15) is 0 Å². The van der Waals surface area contributed by atoms with E-state index in [1.165, 1.54) is 0 Å². The first kappa shape index (κ1) is 13.4. The summed E-state index contributed by atoms with van der Waals surface area (Å²) in [6, 6.07) is 8.44. The van der Waals surface area contributed by atoms with Crippen molar-refractivity contribution in [2.45, 2.75) is 6.92 Å². The van der Waals surface area contributed by atoms with Crippen LogP contribution in [0, 0.1) is 6.92 Å². The molecule has 1 amide bonds. The van der Waals surface area contributed by atoms with Gasteiger partial charge in [0.25, 0.3) is 5.91 Å². The molecule has 2 rings (SSSR count). The van der Waals surface area contributed by atoms with Crippen LogP contribution < -0.4 is 10.1 Å². The third-order valence-electron chi connectivity index (χ3n) is 2.58. The molecule has 0 bridgehead atoms. The molecule has 0 saturated carbocycles. The van der Waals surface area contributed by atoms with Crippen LogP contribution in [-0.4, -0.2) is 18.0 Å². The zero-order chi connectivity index (χ0) is 13.8.